The first-order chi connectivity index (χ1) is 13.4. The number of ether oxygens (including phenoxy) is 2. The number of rotatable bonds is 6. The van der Waals surface area contributed by atoms with Crippen LogP contribution < -0.4 is 10.1 Å². The van der Waals surface area contributed by atoms with Gasteiger partial charge in [0.25, 0.3) is 0 Å². The van der Waals surface area contributed by atoms with Crippen LogP contribution in [0.25, 0.3) is 0 Å². The minimum atomic E-state index is -4.44. The fourth-order valence-electron chi connectivity index (χ4n) is 2.45. The maximum Gasteiger partial charge on any atom is 0.416 e. The molecule has 1 atom stereocenters. The Labute approximate surface area is 175 Å². The Morgan fingerprint density at radius 2 is 1.93 bits per heavy atom. The van der Waals surface area contributed by atoms with Gasteiger partial charge in [0, 0.05) is 10.7 Å². The number of halogens is 4. The summed E-state index contributed by atoms with van der Waals surface area (Å²) in [6.07, 6.45) is -1.90. The van der Waals surface area contributed by atoms with Crippen molar-refractivity contribution in [2.75, 3.05) is 6.61 Å². The number of nitrogens with one attached hydrogen (secondary N) is 1. The van der Waals surface area contributed by atoms with Crippen molar-refractivity contribution in [3.63, 3.8) is 0 Å². The van der Waals surface area contributed by atoms with Gasteiger partial charge >= 0.3 is 12.3 Å². The Kier molecular flexibility index (Phi) is 7.51. The molecule has 0 saturated heterocycles. The van der Waals surface area contributed by atoms with E-state index in [-0.39, 0.29) is 13.0 Å². The van der Waals surface area contributed by atoms with E-state index < -0.39 is 29.5 Å². The lowest BCUT2D eigenvalue weighted by Gasteiger charge is -2.24. The van der Waals surface area contributed by atoms with E-state index in [1.54, 1.807) is 39.1 Å². The first-order valence-corrected chi connectivity index (χ1v) is 9.61. The maximum absolute atomic E-state index is 13.0. The molecule has 0 aliphatic rings. The monoisotopic (exact) mass is 474 g/mol. The summed E-state index contributed by atoms with van der Waals surface area (Å²) in [6, 6.07) is 6.05. The van der Waals surface area contributed by atoms with Gasteiger partial charge in [0.05, 0.1) is 17.8 Å². The van der Waals surface area contributed by atoms with Crippen LogP contribution in [0.2, 0.25) is 0 Å². The zero-order valence-electron chi connectivity index (χ0n) is 16.2. The lowest BCUT2D eigenvalue weighted by Crippen LogP contribution is -2.43. The largest absolute Gasteiger partial charge is 0.490 e. The Hall–Kier alpha value is -2.29. The van der Waals surface area contributed by atoms with Crippen LogP contribution in [0.15, 0.2) is 47.2 Å². The van der Waals surface area contributed by atoms with Crippen LogP contribution in [-0.2, 0) is 17.3 Å². The molecule has 0 aliphatic heterocycles. The summed E-state index contributed by atoms with van der Waals surface area (Å²) in [5.74, 6) is 0.458. The van der Waals surface area contributed by atoms with E-state index in [1.165, 1.54) is 12.3 Å². The number of aromatic nitrogens is 1. The highest BCUT2D eigenvalue weighted by Crippen LogP contribution is 2.29. The van der Waals surface area contributed by atoms with Crippen molar-refractivity contribution < 1.29 is 27.4 Å². The van der Waals surface area contributed by atoms with Gasteiger partial charge in [-0.25, -0.2) is 4.79 Å². The number of alkyl halides is 3. The zero-order chi connectivity index (χ0) is 21.7. The van der Waals surface area contributed by atoms with Crippen LogP contribution in [0.5, 0.6) is 5.75 Å². The fourth-order valence-corrected chi connectivity index (χ4v) is 2.80. The number of amides is 1. The van der Waals surface area contributed by atoms with Crippen molar-refractivity contribution >= 4 is 22.0 Å². The average Bonchev–Trinajstić information content (AvgIpc) is 2.57. The van der Waals surface area contributed by atoms with Gasteiger partial charge in [0.15, 0.2) is 0 Å². The van der Waals surface area contributed by atoms with Gasteiger partial charge < -0.3 is 14.8 Å². The molecule has 0 radical (unpaired) electrons. The van der Waals surface area contributed by atoms with Gasteiger partial charge in [-0.3, -0.25) is 4.98 Å². The summed E-state index contributed by atoms with van der Waals surface area (Å²) in [4.78, 5) is 16.1. The lowest BCUT2D eigenvalue weighted by atomic mass is 10.0. The van der Waals surface area contributed by atoms with Crippen molar-refractivity contribution in [1.29, 1.82) is 0 Å². The van der Waals surface area contributed by atoms with Crippen LogP contribution in [0.3, 0.4) is 0 Å². The van der Waals surface area contributed by atoms with Crippen LogP contribution in [0.4, 0.5) is 18.0 Å². The van der Waals surface area contributed by atoms with Gasteiger partial charge in [-0.1, -0.05) is 18.2 Å². The van der Waals surface area contributed by atoms with Crippen molar-refractivity contribution in [3.8, 4) is 5.75 Å². The molecule has 1 aromatic carbocycles. The summed E-state index contributed by atoms with van der Waals surface area (Å²) >= 11 is 3.28. The minimum absolute atomic E-state index is 0.0215. The summed E-state index contributed by atoms with van der Waals surface area (Å²) in [6.45, 7) is 5.18. The number of benzene rings is 1. The second kappa shape index (κ2) is 9.47. The van der Waals surface area contributed by atoms with Gasteiger partial charge in [0.2, 0.25) is 0 Å². The van der Waals surface area contributed by atoms with Gasteiger partial charge in [0.1, 0.15) is 18.0 Å². The van der Waals surface area contributed by atoms with Gasteiger partial charge in [-0.05, 0) is 60.8 Å². The smallest absolute Gasteiger partial charge is 0.416 e. The Morgan fingerprint density at radius 1 is 1.21 bits per heavy atom. The first-order valence-electron chi connectivity index (χ1n) is 8.81. The van der Waals surface area contributed by atoms with E-state index in [4.69, 9.17) is 9.47 Å². The summed E-state index contributed by atoms with van der Waals surface area (Å²) in [5, 5.41) is 2.67. The van der Waals surface area contributed by atoms with Gasteiger partial charge in [-0.2, -0.15) is 13.2 Å². The number of alkyl carbamates (subject to hydrolysis) is 1. The molecular formula is C20H22BrF3N2O3. The molecule has 1 N–H and O–H groups in total. The predicted octanol–water partition coefficient (Wildman–Crippen LogP) is 5.38. The first kappa shape index (κ1) is 23.0. The molecule has 1 amide bonds. The molecular weight excluding hydrogens is 453 g/mol. The number of carbonyl (C=O) groups is 1. The highest BCUT2D eigenvalue weighted by molar-refractivity contribution is 9.10. The Bertz CT molecular complexity index is 838. The van der Waals surface area contributed by atoms with E-state index in [1.807, 2.05) is 0 Å². The highest BCUT2D eigenvalue weighted by atomic mass is 79.9. The molecule has 0 bridgehead atoms. The second-order valence-electron chi connectivity index (χ2n) is 7.40. The molecule has 1 heterocycles. The Morgan fingerprint density at radius 3 is 2.55 bits per heavy atom. The maximum atomic E-state index is 13.0. The third-order valence-corrected chi connectivity index (χ3v) is 4.02. The quantitative estimate of drug-likeness (QED) is 0.610. The zero-order valence-corrected chi connectivity index (χ0v) is 17.8. The topological polar surface area (TPSA) is 60.5 Å². The molecule has 2 rings (SSSR count). The molecule has 1 aromatic heterocycles. The third kappa shape index (κ3) is 8.31. The van der Waals surface area contributed by atoms with Gasteiger partial charge in [-0.15, -0.1) is 0 Å². The molecule has 29 heavy (non-hydrogen) atoms. The van der Waals surface area contributed by atoms with E-state index in [9.17, 15) is 18.0 Å². The molecule has 0 unspecified atom stereocenters. The molecule has 0 spiro atoms. The molecule has 0 fully saturated rings. The lowest BCUT2D eigenvalue weighted by molar-refractivity contribution is -0.137. The standard InChI is InChI=1S/C20H22BrF3N2O3/c1-19(2,3)29-18(27)26-16(12-28-17-9-15(21)10-25-11-17)8-13-5-4-6-14(7-13)20(22,23)24/h4-7,9-11,16H,8,12H2,1-3H3,(H,26,27)/t16-/m0/s1. The number of pyridine rings is 1. The number of hydrogen-bond acceptors (Lipinski definition) is 4. The van der Waals surface area contributed by atoms with Crippen molar-refractivity contribution in [3.05, 3.63) is 58.3 Å². The van der Waals surface area contributed by atoms with E-state index in [0.29, 0.717) is 15.8 Å². The van der Waals surface area contributed by atoms with Crippen LogP contribution in [-0.4, -0.2) is 29.3 Å². The Balaban J connectivity index is 2.14. The third-order valence-electron chi connectivity index (χ3n) is 3.59. The van der Waals surface area contributed by atoms with Crippen LogP contribution in [0.1, 0.15) is 31.9 Å². The number of hydrogen-bond donors (Lipinski definition) is 1. The summed E-state index contributed by atoms with van der Waals surface area (Å²) in [5.41, 5.74) is -1.04. The van der Waals surface area contributed by atoms with Crippen molar-refractivity contribution in [1.82, 2.24) is 10.3 Å². The van der Waals surface area contributed by atoms with Crippen LogP contribution in [0, 0.1) is 0 Å². The minimum Gasteiger partial charge on any atom is -0.490 e. The fraction of sp³-hybridized carbons (Fsp3) is 0.400. The van der Waals surface area contributed by atoms with E-state index in [0.717, 1.165) is 12.1 Å². The summed E-state index contributed by atoms with van der Waals surface area (Å²) in [7, 11) is 0. The normalized spacial score (nSPS) is 12.9. The predicted molar refractivity (Wildman–Crippen MR) is 106 cm³/mol. The average molecular weight is 475 g/mol. The van der Waals surface area contributed by atoms with Crippen molar-refractivity contribution in [2.45, 2.75) is 45.0 Å². The molecule has 9 heteroatoms. The molecule has 0 saturated carbocycles. The van der Waals surface area contributed by atoms with E-state index >= 15 is 0 Å². The molecule has 5 nitrogen and oxygen atoms in total. The highest BCUT2D eigenvalue weighted by Gasteiger charge is 2.30. The van der Waals surface area contributed by atoms with Crippen LogP contribution >= 0.6 is 15.9 Å². The number of nitrogens with zero attached hydrogens (tertiary/aromatic N) is 1. The second-order valence-corrected chi connectivity index (χ2v) is 8.31. The SMILES string of the molecule is CC(C)(C)OC(=O)N[C@H](COc1cncc(Br)c1)Cc1cccc(C(F)(F)F)c1. The van der Waals surface area contributed by atoms with E-state index in [2.05, 4.69) is 26.2 Å². The molecule has 158 valence electrons. The van der Waals surface area contributed by atoms with Crippen molar-refractivity contribution in [2.24, 2.45) is 0 Å². The molecule has 2 aromatic rings. The molecule has 0 aliphatic carbocycles. The number of carbonyl (C=O) groups excluding carboxylic acids is 1. The summed E-state index contributed by atoms with van der Waals surface area (Å²) < 4.78 is 50.6.